The molecule has 2 rings (SSSR count). The Balaban J connectivity index is 2.01. The van der Waals surface area contributed by atoms with E-state index in [9.17, 15) is 14.4 Å². The molecule has 2 N–H and O–H groups in total. The summed E-state index contributed by atoms with van der Waals surface area (Å²) in [6.07, 6.45) is -1.66. The Kier molecular flexibility index (Phi) is 6.86. The lowest BCUT2D eigenvalue weighted by molar-refractivity contribution is -0.123. The molecule has 2 aromatic rings. The summed E-state index contributed by atoms with van der Waals surface area (Å²) in [6.45, 7) is 10.3. The highest BCUT2D eigenvalue weighted by Crippen LogP contribution is 2.19. The number of hydrogen-bond acceptors (Lipinski definition) is 6. The van der Waals surface area contributed by atoms with Gasteiger partial charge in [-0.05, 0) is 59.7 Å². The third kappa shape index (κ3) is 6.07. The van der Waals surface area contributed by atoms with Crippen molar-refractivity contribution < 1.29 is 23.9 Å². The largest absolute Gasteiger partial charge is 0.449 e. The van der Waals surface area contributed by atoms with Gasteiger partial charge in [-0.2, -0.15) is 5.10 Å². The smallest absolute Gasteiger partial charge is 0.412 e. The molecule has 0 spiro atoms. The van der Waals surface area contributed by atoms with Crippen LogP contribution in [0.25, 0.3) is 0 Å². The fourth-order valence-corrected chi connectivity index (χ4v) is 2.61. The van der Waals surface area contributed by atoms with E-state index in [2.05, 4.69) is 15.7 Å². The molecule has 9 heteroatoms. The lowest BCUT2D eigenvalue weighted by Gasteiger charge is -2.19. The minimum atomic E-state index is -1.03. The molecule has 1 aromatic heterocycles. The highest BCUT2D eigenvalue weighted by molar-refractivity contribution is 5.98. The van der Waals surface area contributed by atoms with Gasteiger partial charge < -0.3 is 14.8 Å². The van der Waals surface area contributed by atoms with Crippen LogP contribution in [0, 0.1) is 13.8 Å². The van der Waals surface area contributed by atoms with Gasteiger partial charge in [0.2, 0.25) is 0 Å². The number of hydrogen-bond donors (Lipinski definition) is 2. The molecule has 0 saturated heterocycles. The fraction of sp³-hybridized carbons (Fsp3) is 0.429. The quantitative estimate of drug-likeness (QED) is 0.721. The predicted octanol–water partition coefficient (Wildman–Crippen LogP) is 3.57. The fourth-order valence-electron chi connectivity index (χ4n) is 2.61. The van der Waals surface area contributed by atoms with E-state index in [1.807, 2.05) is 6.92 Å². The van der Waals surface area contributed by atoms with Gasteiger partial charge in [0.15, 0.2) is 6.10 Å². The number of amides is 2. The zero-order valence-electron chi connectivity index (χ0n) is 18.3. The van der Waals surface area contributed by atoms with Gasteiger partial charge in [-0.25, -0.2) is 9.59 Å². The Morgan fingerprint density at radius 2 is 1.80 bits per heavy atom. The Bertz CT molecular complexity index is 959. The first-order valence-electron chi connectivity index (χ1n) is 9.49. The highest BCUT2D eigenvalue weighted by atomic mass is 16.6. The van der Waals surface area contributed by atoms with Gasteiger partial charge in [0.25, 0.3) is 5.91 Å². The summed E-state index contributed by atoms with van der Waals surface area (Å²) in [5.74, 6) is -1.16. The molecule has 0 aliphatic heterocycles. The summed E-state index contributed by atoms with van der Waals surface area (Å²) in [5.41, 5.74) is 1.97. The highest BCUT2D eigenvalue weighted by Gasteiger charge is 2.22. The first-order valence-corrected chi connectivity index (χ1v) is 9.49. The first-order chi connectivity index (χ1) is 13.9. The van der Waals surface area contributed by atoms with Crippen molar-refractivity contribution in [1.82, 2.24) is 9.78 Å². The van der Waals surface area contributed by atoms with E-state index in [1.165, 1.54) is 19.1 Å². The van der Waals surface area contributed by atoms with Crippen LogP contribution in [-0.4, -0.2) is 39.5 Å². The number of aryl methyl sites for hydroxylation is 2. The van der Waals surface area contributed by atoms with Crippen molar-refractivity contribution in [3.63, 3.8) is 0 Å². The van der Waals surface area contributed by atoms with E-state index < -0.39 is 29.7 Å². The Morgan fingerprint density at radius 1 is 1.13 bits per heavy atom. The van der Waals surface area contributed by atoms with Crippen molar-refractivity contribution in [3.05, 3.63) is 41.2 Å². The van der Waals surface area contributed by atoms with Crippen LogP contribution in [-0.2, 0) is 21.3 Å². The standard InChI is InChI=1S/C21H28N4O5/c1-12-17(13(2)25(7)24-12)23-18(26)14(3)29-19(27)15-9-8-10-16(11-15)22-20(28)30-21(4,5)6/h8-11,14H,1-7H3,(H,22,28)(H,23,26). The minimum absolute atomic E-state index is 0.192. The second-order valence-electron chi connectivity index (χ2n) is 7.91. The molecule has 2 amide bonds. The van der Waals surface area contributed by atoms with Crippen LogP contribution >= 0.6 is 0 Å². The van der Waals surface area contributed by atoms with Crippen LogP contribution in [0.4, 0.5) is 16.2 Å². The number of ether oxygens (including phenoxy) is 2. The van der Waals surface area contributed by atoms with Crippen LogP contribution < -0.4 is 10.6 Å². The molecular weight excluding hydrogens is 388 g/mol. The van der Waals surface area contributed by atoms with Crippen LogP contribution in [0.5, 0.6) is 0 Å². The first kappa shape index (κ1) is 22.9. The predicted molar refractivity (Wildman–Crippen MR) is 112 cm³/mol. The molecule has 0 bridgehead atoms. The number of aromatic nitrogens is 2. The number of anilines is 2. The molecule has 0 aliphatic carbocycles. The molecule has 0 aliphatic rings. The maximum absolute atomic E-state index is 12.5. The van der Waals surface area contributed by atoms with Crippen molar-refractivity contribution in [2.24, 2.45) is 7.05 Å². The van der Waals surface area contributed by atoms with Crippen LogP contribution in [0.1, 0.15) is 49.4 Å². The van der Waals surface area contributed by atoms with E-state index in [0.717, 1.165) is 5.69 Å². The van der Waals surface area contributed by atoms with Crippen molar-refractivity contribution >= 4 is 29.3 Å². The number of benzene rings is 1. The van der Waals surface area contributed by atoms with E-state index in [-0.39, 0.29) is 5.56 Å². The number of esters is 1. The second-order valence-corrected chi connectivity index (χ2v) is 7.91. The van der Waals surface area contributed by atoms with Crippen LogP contribution in [0.15, 0.2) is 24.3 Å². The minimum Gasteiger partial charge on any atom is -0.449 e. The topological polar surface area (TPSA) is 112 Å². The number of carbonyl (C=O) groups is 3. The molecule has 0 radical (unpaired) electrons. The summed E-state index contributed by atoms with van der Waals surface area (Å²) in [5, 5.41) is 9.54. The van der Waals surface area contributed by atoms with E-state index in [0.29, 0.717) is 17.1 Å². The number of nitrogens with zero attached hydrogens (tertiary/aromatic N) is 2. The molecular formula is C21H28N4O5. The van der Waals surface area contributed by atoms with Crippen LogP contribution in [0.3, 0.4) is 0 Å². The van der Waals surface area contributed by atoms with Gasteiger partial charge in [-0.15, -0.1) is 0 Å². The Morgan fingerprint density at radius 3 is 2.37 bits per heavy atom. The summed E-state index contributed by atoms with van der Waals surface area (Å²) in [6, 6.07) is 6.19. The molecule has 30 heavy (non-hydrogen) atoms. The summed E-state index contributed by atoms with van der Waals surface area (Å²) >= 11 is 0. The second kappa shape index (κ2) is 8.98. The maximum atomic E-state index is 12.5. The van der Waals surface area contributed by atoms with Crippen molar-refractivity contribution in [2.75, 3.05) is 10.6 Å². The molecule has 1 atom stereocenters. The molecule has 0 fully saturated rings. The van der Waals surface area contributed by atoms with Gasteiger partial charge in [0.05, 0.1) is 22.6 Å². The number of nitrogens with one attached hydrogen (secondary N) is 2. The molecule has 1 unspecified atom stereocenters. The van der Waals surface area contributed by atoms with Gasteiger partial charge in [-0.1, -0.05) is 6.07 Å². The van der Waals surface area contributed by atoms with Gasteiger partial charge in [0.1, 0.15) is 5.60 Å². The van der Waals surface area contributed by atoms with Gasteiger partial charge >= 0.3 is 12.1 Å². The van der Waals surface area contributed by atoms with Crippen molar-refractivity contribution in [2.45, 2.75) is 53.2 Å². The van der Waals surface area contributed by atoms with Crippen molar-refractivity contribution in [3.8, 4) is 0 Å². The Hall–Kier alpha value is -3.36. The summed E-state index contributed by atoms with van der Waals surface area (Å²) in [7, 11) is 1.78. The molecule has 1 heterocycles. The van der Waals surface area contributed by atoms with Crippen LogP contribution in [0.2, 0.25) is 0 Å². The number of rotatable bonds is 5. The lowest BCUT2D eigenvalue weighted by Crippen LogP contribution is -2.30. The average Bonchev–Trinajstić information content (AvgIpc) is 2.86. The van der Waals surface area contributed by atoms with E-state index in [1.54, 1.807) is 51.6 Å². The molecule has 162 valence electrons. The third-order valence-corrected chi connectivity index (χ3v) is 4.15. The summed E-state index contributed by atoms with van der Waals surface area (Å²) in [4.78, 5) is 36.8. The molecule has 9 nitrogen and oxygen atoms in total. The summed E-state index contributed by atoms with van der Waals surface area (Å²) < 4.78 is 12.1. The normalized spacial score (nSPS) is 12.1. The number of carbonyl (C=O) groups excluding carboxylic acids is 3. The lowest BCUT2D eigenvalue weighted by atomic mass is 10.2. The van der Waals surface area contributed by atoms with E-state index >= 15 is 0 Å². The maximum Gasteiger partial charge on any atom is 0.412 e. The zero-order valence-corrected chi connectivity index (χ0v) is 18.3. The third-order valence-electron chi connectivity index (χ3n) is 4.15. The van der Waals surface area contributed by atoms with Gasteiger partial charge in [0, 0.05) is 12.7 Å². The van der Waals surface area contributed by atoms with Gasteiger partial charge in [-0.3, -0.25) is 14.8 Å². The molecule has 0 saturated carbocycles. The Labute approximate surface area is 175 Å². The zero-order chi connectivity index (χ0) is 22.6. The monoisotopic (exact) mass is 416 g/mol. The van der Waals surface area contributed by atoms with E-state index in [4.69, 9.17) is 9.47 Å². The molecule has 1 aromatic carbocycles. The van der Waals surface area contributed by atoms with Crippen molar-refractivity contribution in [1.29, 1.82) is 0 Å². The SMILES string of the molecule is Cc1nn(C)c(C)c1NC(=O)C(C)OC(=O)c1cccc(NC(=O)OC(C)(C)C)c1. The average molecular weight is 416 g/mol.